The van der Waals surface area contributed by atoms with Crippen LogP contribution in [0.15, 0.2) is 65.3 Å². The Balaban J connectivity index is 1.69. The Hall–Kier alpha value is -3.75. The van der Waals surface area contributed by atoms with Gasteiger partial charge in [0.2, 0.25) is 11.9 Å². The zero-order valence-electron chi connectivity index (χ0n) is 15.5. The number of benzene rings is 2. The van der Waals surface area contributed by atoms with E-state index in [1.54, 1.807) is 34.9 Å². The van der Waals surface area contributed by atoms with Crippen LogP contribution in [0.5, 0.6) is 5.75 Å². The molecule has 2 aromatic carbocycles. The molecule has 1 amide bonds. The minimum absolute atomic E-state index is 0.0217. The second kappa shape index (κ2) is 7.58. The number of carbonyl (C=O) groups excluding carboxylic acids is 1. The minimum atomic E-state index is -4.51. The molecule has 4 rings (SSSR count). The Kier molecular flexibility index (Phi) is 4.94. The monoisotopic (exact) mass is 415 g/mol. The number of aromatic hydroxyl groups is 1. The Labute approximate surface area is 168 Å². The van der Waals surface area contributed by atoms with Crippen molar-refractivity contribution in [3.8, 4) is 5.75 Å². The van der Waals surface area contributed by atoms with Gasteiger partial charge in [-0.15, -0.1) is 0 Å². The van der Waals surface area contributed by atoms with Gasteiger partial charge in [0.1, 0.15) is 11.5 Å². The second-order valence-corrected chi connectivity index (χ2v) is 6.66. The quantitative estimate of drug-likeness (QED) is 0.500. The van der Waals surface area contributed by atoms with Gasteiger partial charge in [-0.2, -0.15) is 13.2 Å². The first-order valence-electron chi connectivity index (χ1n) is 8.98. The molecule has 0 saturated carbocycles. The van der Waals surface area contributed by atoms with E-state index in [-0.39, 0.29) is 30.2 Å². The lowest BCUT2D eigenvalue weighted by atomic mass is 10.1. The molecular formula is C21H16F3N3O3. The molecule has 0 aliphatic carbocycles. The van der Waals surface area contributed by atoms with E-state index in [1.807, 2.05) is 0 Å². The summed E-state index contributed by atoms with van der Waals surface area (Å²) in [4.78, 5) is 16.7. The number of halogens is 3. The predicted octanol–water partition coefficient (Wildman–Crippen LogP) is 4.58. The van der Waals surface area contributed by atoms with Crippen molar-refractivity contribution in [1.82, 2.24) is 9.55 Å². The normalized spacial score (nSPS) is 11.7. The first kappa shape index (κ1) is 19.6. The fraction of sp³-hybridized carbons (Fsp3) is 0.143. The number of hydrogen-bond acceptors (Lipinski definition) is 4. The number of para-hydroxylation sites is 1. The third kappa shape index (κ3) is 4.00. The number of nitrogens with zero attached hydrogens (tertiary/aromatic N) is 2. The lowest BCUT2D eigenvalue weighted by Crippen LogP contribution is -2.18. The van der Waals surface area contributed by atoms with Crippen molar-refractivity contribution in [1.29, 1.82) is 0 Å². The zero-order chi connectivity index (χ0) is 21.3. The number of anilines is 1. The van der Waals surface area contributed by atoms with Gasteiger partial charge in [-0.3, -0.25) is 10.1 Å². The van der Waals surface area contributed by atoms with Gasteiger partial charge in [-0.05, 0) is 36.4 Å². The van der Waals surface area contributed by atoms with Gasteiger partial charge >= 0.3 is 6.18 Å². The van der Waals surface area contributed by atoms with Crippen molar-refractivity contribution < 1.29 is 27.5 Å². The number of amides is 1. The van der Waals surface area contributed by atoms with Gasteiger partial charge in [0, 0.05) is 5.56 Å². The fourth-order valence-corrected chi connectivity index (χ4v) is 3.12. The molecule has 2 heterocycles. The van der Waals surface area contributed by atoms with Crippen molar-refractivity contribution in [2.75, 3.05) is 5.32 Å². The van der Waals surface area contributed by atoms with Gasteiger partial charge in [-0.1, -0.05) is 18.2 Å². The molecule has 4 aromatic rings. The molecule has 0 fully saturated rings. The predicted molar refractivity (Wildman–Crippen MR) is 103 cm³/mol. The molecule has 0 aliphatic rings. The van der Waals surface area contributed by atoms with Crippen molar-refractivity contribution >= 4 is 22.9 Å². The van der Waals surface area contributed by atoms with Crippen molar-refractivity contribution in [2.24, 2.45) is 0 Å². The highest BCUT2D eigenvalue weighted by atomic mass is 19.4. The number of alkyl halides is 3. The van der Waals surface area contributed by atoms with Crippen LogP contribution < -0.4 is 5.32 Å². The summed E-state index contributed by atoms with van der Waals surface area (Å²) in [6, 6.07) is 13.0. The maximum atomic E-state index is 13.1. The van der Waals surface area contributed by atoms with E-state index in [0.717, 1.165) is 12.1 Å². The number of imidazole rings is 1. The summed E-state index contributed by atoms with van der Waals surface area (Å²) < 4.78 is 46.1. The number of nitrogens with one attached hydrogen (secondary N) is 1. The van der Waals surface area contributed by atoms with Crippen LogP contribution in [0.4, 0.5) is 19.1 Å². The molecule has 6 nitrogen and oxygen atoms in total. The van der Waals surface area contributed by atoms with Gasteiger partial charge in [0.25, 0.3) is 0 Å². The molecule has 0 atom stereocenters. The average molecular weight is 415 g/mol. The van der Waals surface area contributed by atoms with Crippen LogP contribution in [-0.2, 0) is 23.9 Å². The number of hydrogen-bond donors (Lipinski definition) is 2. The summed E-state index contributed by atoms with van der Waals surface area (Å²) in [6.07, 6.45) is -3.15. The highest BCUT2D eigenvalue weighted by Gasteiger charge is 2.31. The maximum Gasteiger partial charge on any atom is 0.416 e. The first-order valence-corrected chi connectivity index (χ1v) is 8.98. The molecule has 2 aromatic heterocycles. The van der Waals surface area contributed by atoms with E-state index in [1.165, 1.54) is 18.4 Å². The van der Waals surface area contributed by atoms with Crippen LogP contribution in [0.2, 0.25) is 0 Å². The lowest BCUT2D eigenvalue weighted by molar-refractivity contribution is -0.137. The molecule has 30 heavy (non-hydrogen) atoms. The molecule has 0 saturated heterocycles. The van der Waals surface area contributed by atoms with Crippen molar-refractivity contribution in [2.45, 2.75) is 19.1 Å². The van der Waals surface area contributed by atoms with Crippen LogP contribution in [-0.4, -0.2) is 20.6 Å². The lowest BCUT2D eigenvalue weighted by Gasteiger charge is -2.10. The molecule has 154 valence electrons. The highest BCUT2D eigenvalue weighted by molar-refractivity contribution is 5.93. The summed E-state index contributed by atoms with van der Waals surface area (Å²) in [6.45, 7) is 0.168. The van der Waals surface area contributed by atoms with Crippen LogP contribution in [0.3, 0.4) is 0 Å². The third-order valence-electron chi connectivity index (χ3n) is 4.56. The summed E-state index contributed by atoms with van der Waals surface area (Å²) in [5.74, 6) is 0.140. The molecule has 0 spiro atoms. The summed E-state index contributed by atoms with van der Waals surface area (Å²) in [5, 5.41) is 12.5. The summed E-state index contributed by atoms with van der Waals surface area (Å²) in [7, 11) is 0. The zero-order valence-corrected chi connectivity index (χ0v) is 15.5. The standard InChI is InChI=1S/C21H16F3N3O3/c22-21(23,24)14-7-8-17-16(11-14)25-20(27(17)12-15-5-3-9-30-15)26-19(29)10-13-4-1-2-6-18(13)28/h1-9,11,28H,10,12H2,(H,25,26,29). The molecule has 0 aliphatic heterocycles. The largest absolute Gasteiger partial charge is 0.508 e. The van der Waals surface area contributed by atoms with E-state index in [0.29, 0.717) is 16.8 Å². The summed E-state index contributed by atoms with van der Waals surface area (Å²) >= 11 is 0. The maximum absolute atomic E-state index is 13.1. The SMILES string of the molecule is O=C(Cc1ccccc1O)Nc1nc2cc(C(F)(F)F)ccc2n1Cc1ccco1. The molecule has 2 N–H and O–H groups in total. The minimum Gasteiger partial charge on any atom is -0.508 e. The van der Waals surface area contributed by atoms with Crippen LogP contribution >= 0.6 is 0 Å². The Morgan fingerprint density at radius 3 is 2.63 bits per heavy atom. The van der Waals surface area contributed by atoms with Crippen LogP contribution in [0.25, 0.3) is 11.0 Å². The van der Waals surface area contributed by atoms with E-state index in [2.05, 4.69) is 10.3 Å². The van der Waals surface area contributed by atoms with E-state index in [4.69, 9.17) is 4.42 Å². The smallest absolute Gasteiger partial charge is 0.416 e. The molecule has 9 heteroatoms. The Morgan fingerprint density at radius 2 is 1.93 bits per heavy atom. The average Bonchev–Trinajstić information content (AvgIpc) is 3.31. The molecular weight excluding hydrogens is 399 g/mol. The van der Waals surface area contributed by atoms with Gasteiger partial charge in [0.05, 0.1) is 35.8 Å². The number of aromatic nitrogens is 2. The Bertz CT molecular complexity index is 1200. The van der Waals surface area contributed by atoms with Crippen molar-refractivity contribution in [3.63, 3.8) is 0 Å². The summed E-state index contributed by atoms with van der Waals surface area (Å²) in [5.41, 5.74) is 0.0966. The topological polar surface area (TPSA) is 80.3 Å². The molecule has 0 radical (unpaired) electrons. The first-order chi connectivity index (χ1) is 14.3. The molecule has 0 unspecified atom stereocenters. The number of fused-ring (bicyclic) bond motifs is 1. The van der Waals surface area contributed by atoms with Crippen LogP contribution in [0.1, 0.15) is 16.9 Å². The Morgan fingerprint density at radius 1 is 1.13 bits per heavy atom. The number of rotatable bonds is 5. The number of carbonyl (C=O) groups is 1. The highest BCUT2D eigenvalue weighted by Crippen LogP contribution is 2.32. The third-order valence-corrected chi connectivity index (χ3v) is 4.56. The van der Waals surface area contributed by atoms with E-state index >= 15 is 0 Å². The number of phenols is 1. The number of phenolic OH excluding ortho intramolecular Hbond substituents is 1. The van der Waals surface area contributed by atoms with Crippen molar-refractivity contribution in [3.05, 3.63) is 77.7 Å². The van der Waals surface area contributed by atoms with Gasteiger partial charge in [-0.25, -0.2) is 4.98 Å². The van der Waals surface area contributed by atoms with E-state index < -0.39 is 17.6 Å². The van der Waals surface area contributed by atoms with E-state index in [9.17, 15) is 23.1 Å². The fourth-order valence-electron chi connectivity index (χ4n) is 3.12. The number of furan rings is 1. The van der Waals surface area contributed by atoms with Crippen LogP contribution in [0, 0.1) is 0 Å². The second-order valence-electron chi connectivity index (χ2n) is 6.66. The van der Waals surface area contributed by atoms with Gasteiger partial charge in [0.15, 0.2) is 0 Å². The van der Waals surface area contributed by atoms with Gasteiger partial charge < -0.3 is 14.1 Å². The molecule has 0 bridgehead atoms.